The molecule has 0 rings (SSSR count). The summed E-state index contributed by atoms with van der Waals surface area (Å²) in [5.41, 5.74) is 8.45. The number of rotatable bonds is 1. The minimum atomic E-state index is 0.393. The summed E-state index contributed by atoms with van der Waals surface area (Å²) in [6.45, 7) is 2.24. The maximum Gasteiger partial charge on any atom is 0.121 e. The van der Waals surface area contributed by atoms with Gasteiger partial charge < -0.3 is 5.73 Å². The fourth-order valence-corrected chi connectivity index (χ4v) is 0.244. The molecule has 0 amide bonds. The molecule has 0 aromatic rings. The Morgan fingerprint density at radius 2 is 2.57 bits per heavy atom. The van der Waals surface area contributed by atoms with E-state index in [0.29, 0.717) is 12.0 Å². The second-order valence-electron chi connectivity index (χ2n) is 1.16. The Kier molecular flexibility index (Phi) is 3.48. The van der Waals surface area contributed by atoms with Crippen molar-refractivity contribution in [2.45, 2.75) is 6.92 Å². The van der Waals surface area contributed by atoms with Gasteiger partial charge in [-0.15, -0.1) is 5.73 Å². The van der Waals surface area contributed by atoms with Crippen LogP contribution in [0.4, 0.5) is 0 Å². The van der Waals surface area contributed by atoms with Gasteiger partial charge in [0.15, 0.2) is 0 Å². The molecule has 0 aliphatic heterocycles. The summed E-state index contributed by atoms with van der Waals surface area (Å²) in [4.78, 5) is 0. The van der Waals surface area contributed by atoms with Crippen molar-refractivity contribution in [1.82, 2.24) is 0 Å². The van der Waals surface area contributed by atoms with Crippen molar-refractivity contribution in [2.75, 3.05) is 6.54 Å². The summed E-state index contributed by atoms with van der Waals surface area (Å²) >= 11 is 0. The molecular formula is C5H8BN. The average molecular weight is 92.9 g/mol. The van der Waals surface area contributed by atoms with E-state index >= 15 is 0 Å². The van der Waals surface area contributed by atoms with Crippen LogP contribution in [0.5, 0.6) is 0 Å². The third-order valence-corrected chi connectivity index (χ3v) is 0.550. The molecule has 0 fully saturated rings. The molecule has 0 saturated carbocycles. The fraction of sp³-hybridized carbons (Fsp3) is 0.400. The Morgan fingerprint density at radius 3 is 2.71 bits per heavy atom. The summed E-state index contributed by atoms with van der Waals surface area (Å²) in [6.07, 6.45) is 1.74. The van der Waals surface area contributed by atoms with E-state index in [1.165, 1.54) is 0 Å². The Hall–Kier alpha value is -0.455. The molecule has 0 spiro atoms. The molecule has 36 valence electrons. The number of nitrogens with two attached hydrogens (primary N) is 1. The molecular weight excluding hydrogens is 84.9 g/mol. The van der Waals surface area contributed by atoms with Crippen LogP contribution in [0, 0.1) is 0 Å². The van der Waals surface area contributed by atoms with Gasteiger partial charge in [0.25, 0.3) is 0 Å². The van der Waals surface area contributed by atoms with E-state index in [2.05, 4.69) is 5.73 Å². The molecule has 0 saturated heterocycles. The Bertz CT molecular complexity index is 101. The second-order valence-corrected chi connectivity index (χ2v) is 1.16. The van der Waals surface area contributed by atoms with Crippen molar-refractivity contribution in [3.8, 4) is 0 Å². The summed E-state index contributed by atoms with van der Waals surface area (Å²) < 4.78 is 0. The van der Waals surface area contributed by atoms with Gasteiger partial charge in [-0.25, -0.2) is 0 Å². The topological polar surface area (TPSA) is 26.0 Å². The molecule has 2 radical (unpaired) electrons. The van der Waals surface area contributed by atoms with E-state index in [1.54, 1.807) is 6.08 Å². The zero-order valence-corrected chi connectivity index (χ0v) is 4.44. The van der Waals surface area contributed by atoms with Crippen LogP contribution in [0.15, 0.2) is 17.3 Å². The van der Waals surface area contributed by atoms with Crippen LogP contribution in [0.25, 0.3) is 0 Å². The van der Waals surface area contributed by atoms with Crippen LogP contribution in [-0.2, 0) is 0 Å². The van der Waals surface area contributed by atoms with Crippen LogP contribution in [0.2, 0.25) is 0 Å². The van der Waals surface area contributed by atoms with Crippen LogP contribution in [0.1, 0.15) is 6.92 Å². The molecule has 0 aromatic heterocycles. The molecule has 0 aliphatic carbocycles. The summed E-state index contributed by atoms with van der Waals surface area (Å²) in [5.74, 6) is 0. The van der Waals surface area contributed by atoms with E-state index < -0.39 is 0 Å². The molecule has 0 aliphatic rings. The van der Waals surface area contributed by atoms with Gasteiger partial charge in [-0.1, -0.05) is 5.47 Å². The maximum absolute atomic E-state index is 5.23. The lowest BCUT2D eigenvalue weighted by Crippen LogP contribution is -2.00. The number of hydrogen-bond acceptors (Lipinski definition) is 1. The first-order valence-electron chi connectivity index (χ1n) is 2.17. The van der Waals surface area contributed by atoms with Gasteiger partial charge in [-0.05, 0) is 13.0 Å². The molecule has 1 nitrogen and oxygen atoms in total. The van der Waals surface area contributed by atoms with E-state index in [0.717, 1.165) is 0 Å². The quantitative estimate of drug-likeness (QED) is 0.363. The number of hydrogen-bond donors (Lipinski definition) is 1. The largest absolute Gasteiger partial charge is 0.327 e. The molecule has 0 heterocycles. The second kappa shape index (κ2) is 3.73. The summed E-state index contributed by atoms with van der Waals surface area (Å²) in [5, 5.41) is 0. The van der Waals surface area contributed by atoms with Gasteiger partial charge in [-0.2, -0.15) is 0 Å². The molecule has 0 unspecified atom stereocenters. The normalized spacial score (nSPS) is 7.14. The lowest BCUT2D eigenvalue weighted by Gasteiger charge is -1.82. The smallest absolute Gasteiger partial charge is 0.121 e. The lowest BCUT2D eigenvalue weighted by atomic mass is 9.97. The van der Waals surface area contributed by atoms with Crippen molar-refractivity contribution in [3.05, 3.63) is 17.3 Å². The minimum absolute atomic E-state index is 0.393. The monoisotopic (exact) mass is 93.1 g/mol. The van der Waals surface area contributed by atoms with Crippen LogP contribution in [-0.4, -0.2) is 14.4 Å². The Balaban J connectivity index is 3.74. The van der Waals surface area contributed by atoms with Crippen LogP contribution < -0.4 is 5.73 Å². The van der Waals surface area contributed by atoms with Crippen molar-refractivity contribution in [2.24, 2.45) is 5.73 Å². The van der Waals surface area contributed by atoms with Gasteiger partial charge >= 0.3 is 0 Å². The molecule has 0 bridgehead atoms. The zero-order valence-electron chi connectivity index (χ0n) is 4.44. The maximum atomic E-state index is 5.23. The van der Waals surface area contributed by atoms with Crippen molar-refractivity contribution < 1.29 is 0 Å². The highest BCUT2D eigenvalue weighted by atomic mass is 14.5. The predicted octanol–water partition coefficient (Wildman–Crippen LogP) is 0.172. The molecule has 2 N–H and O–H groups in total. The standard InChI is InChI=1S/C5H8BN/c1-2-3-5(6)4-7/h2H,4,7H2,1H3. The highest BCUT2D eigenvalue weighted by molar-refractivity contribution is 6.21. The Labute approximate surface area is 45.3 Å². The predicted molar refractivity (Wildman–Crippen MR) is 32.1 cm³/mol. The highest BCUT2D eigenvalue weighted by Crippen LogP contribution is 1.74. The molecule has 0 aromatic carbocycles. The van der Waals surface area contributed by atoms with Crippen molar-refractivity contribution >= 4 is 7.85 Å². The van der Waals surface area contributed by atoms with Gasteiger partial charge in [0.1, 0.15) is 7.85 Å². The Morgan fingerprint density at radius 1 is 2.00 bits per heavy atom. The van der Waals surface area contributed by atoms with Crippen molar-refractivity contribution in [3.63, 3.8) is 0 Å². The third kappa shape index (κ3) is 3.37. The third-order valence-electron chi connectivity index (χ3n) is 0.550. The van der Waals surface area contributed by atoms with Crippen molar-refractivity contribution in [1.29, 1.82) is 0 Å². The summed E-state index contributed by atoms with van der Waals surface area (Å²) in [6, 6.07) is 0. The van der Waals surface area contributed by atoms with Crippen LogP contribution >= 0.6 is 0 Å². The fourth-order valence-electron chi connectivity index (χ4n) is 0.244. The van der Waals surface area contributed by atoms with Gasteiger partial charge in [0.05, 0.1) is 0 Å². The van der Waals surface area contributed by atoms with E-state index in [9.17, 15) is 0 Å². The highest BCUT2D eigenvalue weighted by Gasteiger charge is 1.73. The van der Waals surface area contributed by atoms with Gasteiger partial charge in [-0.3, -0.25) is 0 Å². The molecule has 0 atom stereocenters. The molecule has 7 heavy (non-hydrogen) atoms. The van der Waals surface area contributed by atoms with Crippen LogP contribution in [0.3, 0.4) is 0 Å². The van der Waals surface area contributed by atoms with E-state index in [1.807, 2.05) is 6.92 Å². The SMILES string of the molecule is [B]C(=C=CC)CN. The first-order valence-corrected chi connectivity index (χ1v) is 2.17. The first kappa shape index (κ1) is 6.54. The van der Waals surface area contributed by atoms with E-state index in [-0.39, 0.29) is 0 Å². The lowest BCUT2D eigenvalue weighted by molar-refractivity contribution is 1.23. The minimum Gasteiger partial charge on any atom is -0.327 e. The van der Waals surface area contributed by atoms with Gasteiger partial charge in [0.2, 0.25) is 0 Å². The first-order chi connectivity index (χ1) is 3.31. The van der Waals surface area contributed by atoms with Gasteiger partial charge in [0, 0.05) is 6.54 Å². The zero-order chi connectivity index (χ0) is 5.70. The van der Waals surface area contributed by atoms with E-state index in [4.69, 9.17) is 13.6 Å². The average Bonchev–Trinajstić information content (AvgIpc) is 1.68. The summed E-state index contributed by atoms with van der Waals surface area (Å²) in [7, 11) is 5.23. The molecule has 2 heteroatoms.